The van der Waals surface area contributed by atoms with Gasteiger partial charge in [-0.05, 0) is 18.1 Å². The predicted octanol–water partition coefficient (Wildman–Crippen LogP) is 2.20. The van der Waals surface area contributed by atoms with Gasteiger partial charge in [0.2, 0.25) is 0 Å². The van der Waals surface area contributed by atoms with E-state index >= 15 is 0 Å². The van der Waals surface area contributed by atoms with E-state index in [4.69, 9.17) is 4.74 Å². The van der Waals surface area contributed by atoms with E-state index < -0.39 is 4.92 Å². The highest BCUT2D eigenvalue weighted by Crippen LogP contribution is 2.28. The number of hydrogen-bond acceptors (Lipinski definition) is 6. The van der Waals surface area contributed by atoms with E-state index in [2.05, 4.69) is 21.8 Å². The second kappa shape index (κ2) is 7.65. The highest BCUT2D eigenvalue weighted by Gasteiger charge is 2.22. The summed E-state index contributed by atoms with van der Waals surface area (Å²) in [6.07, 6.45) is 2.40. The average molecular weight is 358 g/mol. The first-order valence-corrected chi connectivity index (χ1v) is 8.66. The van der Waals surface area contributed by atoms with Crippen LogP contribution in [0.25, 0.3) is 0 Å². The van der Waals surface area contributed by atoms with Gasteiger partial charge in [0.25, 0.3) is 5.56 Å². The summed E-state index contributed by atoms with van der Waals surface area (Å²) in [5, 5.41) is 11.2. The molecular weight excluding hydrogens is 336 g/mol. The Hall–Kier alpha value is -2.74. The third kappa shape index (κ3) is 3.75. The molecule has 1 aromatic carbocycles. The molecule has 0 atom stereocenters. The van der Waals surface area contributed by atoms with E-state index in [9.17, 15) is 14.9 Å². The number of nitro benzene ring substituents is 1. The first-order valence-electron chi connectivity index (χ1n) is 8.66. The molecule has 26 heavy (non-hydrogen) atoms. The molecule has 1 N–H and O–H groups in total. The van der Waals surface area contributed by atoms with Crippen LogP contribution in [0.4, 0.5) is 5.69 Å². The summed E-state index contributed by atoms with van der Waals surface area (Å²) in [6.45, 7) is 3.83. The summed E-state index contributed by atoms with van der Waals surface area (Å²) in [5.74, 6) is 0.988. The van der Waals surface area contributed by atoms with Gasteiger partial charge in [0.15, 0.2) is 5.75 Å². The number of benzene rings is 1. The molecule has 0 aliphatic carbocycles. The zero-order valence-electron chi connectivity index (χ0n) is 14.9. The zero-order chi connectivity index (χ0) is 18.7. The lowest BCUT2D eigenvalue weighted by atomic mass is 10.1. The molecule has 0 saturated heterocycles. The van der Waals surface area contributed by atoms with Crippen LogP contribution in [-0.2, 0) is 25.9 Å². The van der Waals surface area contributed by atoms with Crippen LogP contribution >= 0.6 is 0 Å². The third-order valence-corrected chi connectivity index (χ3v) is 4.53. The van der Waals surface area contributed by atoms with Crippen molar-refractivity contribution in [2.24, 2.45) is 0 Å². The molecule has 0 fully saturated rings. The maximum Gasteiger partial charge on any atom is 0.311 e. The lowest BCUT2D eigenvalue weighted by Gasteiger charge is -2.27. The van der Waals surface area contributed by atoms with Gasteiger partial charge in [-0.25, -0.2) is 4.98 Å². The number of nitrogens with one attached hydrogen (secondary N) is 1. The summed E-state index contributed by atoms with van der Waals surface area (Å²) in [5.41, 5.74) is 2.25. The van der Waals surface area contributed by atoms with Crippen LogP contribution in [0.15, 0.2) is 23.0 Å². The molecule has 1 aliphatic heterocycles. The van der Waals surface area contributed by atoms with Crippen LogP contribution in [0, 0.1) is 10.1 Å². The molecule has 0 unspecified atom stereocenters. The van der Waals surface area contributed by atoms with Crippen molar-refractivity contribution in [3.8, 4) is 5.75 Å². The van der Waals surface area contributed by atoms with Gasteiger partial charge in [0.05, 0.1) is 23.3 Å². The number of H-pyrrole nitrogens is 1. The molecule has 1 aromatic heterocycles. The van der Waals surface area contributed by atoms with Crippen LogP contribution in [0.2, 0.25) is 0 Å². The molecule has 0 bridgehead atoms. The van der Waals surface area contributed by atoms with Crippen molar-refractivity contribution >= 4 is 5.69 Å². The number of hydrogen-bond donors (Lipinski definition) is 1. The lowest BCUT2D eigenvalue weighted by Crippen LogP contribution is -2.35. The van der Waals surface area contributed by atoms with E-state index in [1.165, 1.54) is 13.2 Å². The Bertz CT molecular complexity index is 878. The van der Waals surface area contributed by atoms with E-state index in [0.717, 1.165) is 36.5 Å². The van der Waals surface area contributed by atoms with Crippen LogP contribution in [0.5, 0.6) is 5.75 Å². The smallest absolute Gasteiger partial charge is 0.311 e. The van der Waals surface area contributed by atoms with Gasteiger partial charge in [-0.1, -0.05) is 13.0 Å². The van der Waals surface area contributed by atoms with E-state index in [0.29, 0.717) is 25.1 Å². The Morgan fingerprint density at radius 3 is 2.92 bits per heavy atom. The number of nitro groups is 1. The molecule has 2 heterocycles. The fourth-order valence-electron chi connectivity index (χ4n) is 3.26. The minimum Gasteiger partial charge on any atom is -0.490 e. The van der Waals surface area contributed by atoms with Crippen molar-refractivity contribution in [1.82, 2.24) is 14.9 Å². The van der Waals surface area contributed by atoms with Gasteiger partial charge >= 0.3 is 5.69 Å². The first-order chi connectivity index (χ1) is 12.5. The topological polar surface area (TPSA) is 101 Å². The fourth-order valence-corrected chi connectivity index (χ4v) is 3.26. The second-order valence-corrected chi connectivity index (χ2v) is 6.41. The summed E-state index contributed by atoms with van der Waals surface area (Å²) in [6, 6.07) is 4.95. The van der Waals surface area contributed by atoms with Crippen LogP contribution < -0.4 is 10.3 Å². The normalized spacial score (nSPS) is 14.1. The molecular formula is C18H22N4O4. The van der Waals surface area contributed by atoms with Crippen molar-refractivity contribution < 1.29 is 9.66 Å². The Morgan fingerprint density at radius 1 is 1.42 bits per heavy atom. The van der Waals surface area contributed by atoms with Crippen molar-refractivity contribution in [2.45, 2.75) is 39.3 Å². The summed E-state index contributed by atoms with van der Waals surface area (Å²) in [7, 11) is 1.41. The highest BCUT2D eigenvalue weighted by atomic mass is 16.6. The van der Waals surface area contributed by atoms with Crippen molar-refractivity contribution in [3.05, 3.63) is 61.3 Å². The molecule has 8 heteroatoms. The Kier molecular flexibility index (Phi) is 5.32. The molecule has 0 amide bonds. The molecule has 1 aliphatic rings. The van der Waals surface area contributed by atoms with Gasteiger partial charge in [0.1, 0.15) is 5.82 Å². The van der Waals surface area contributed by atoms with Gasteiger partial charge in [0, 0.05) is 38.5 Å². The quantitative estimate of drug-likeness (QED) is 0.627. The maximum atomic E-state index is 12.4. The number of fused-ring (bicyclic) bond motifs is 1. The molecule has 0 radical (unpaired) electrons. The monoisotopic (exact) mass is 358 g/mol. The minimum absolute atomic E-state index is 0.0499. The van der Waals surface area contributed by atoms with E-state index in [1.54, 1.807) is 6.07 Å². The van der Waals surface area contributed by atoms with Crippen molar-refractivity contribution in [2.75, 3.05) is 13.7 Å². The second-order valence-electron chi connectivity index (χ2n) is 6.41. The summed E-state index contributed by atoms with van der Waals surface area (Å²) < 4.78 is 5.04. The fraction of sp³-hybridized carbons (Fsp3) is 0.444. The Labute approximate surface area is 151 Å². The standard InChI is InChI=1S/C18H22N4O4/c1-3-4-17-19-14-7-8-21(11-13(14)18(23)20-17)10-12-5-6-16(26-2)15(9-12)22(24)25/h5-6,9H,3-4,7-8,10-11H2,1-2H3,(H,19,20,23). The number of ether oxygens (including phenoxy) is 1. The number of aryl methyl sites for hydroxylation is 1. The molecule has 3 rings (SSSR count). The molecule has 0 saturated carbocycles. The zero-order valence-corrected chi connectivity index (χ0v) is 14.9. The van der Waals surface area contributed by atoms with Crippen molar-refractivity contribution in [1.29, 1.82) is 0 Å². The largest absolute Gasteiger partial charge is 0.490 e. The van der Waals surface area contributed by atoms with Gasteiger partial charge in [-0.15, -0.1) is 0 Å². The molecule has 0 spiro atoms. The third-order valence-electron chi connectivity index (χ3n) is 4.53. The number of aromatic amines is 1. The molecule has 8 nitrogen and oxygen atoms in total. The van der Waals surface area contributed by atoms with E-state index in [-0.39, 0.29) is 17.0 Å². The Morgan fingerprint density at radius 2 is 2.23 bits per heavy atom. The van der Waals surface area contributed by atoms with Crippen LogP contribution in [0.3, 0.4) is 0 Å². The molecule has 2 aromatic rings. The predicted molar refractivity (Wildman–Crippen MR) is 96.3 cm³/mol. The minimum atomic E-state index is -0.447. The number of aromatic nitrogens is 2. The van der Waals surface area contributed by atoms with Gasteiger partial charge < -0.3 is 9.72 Å². The lowest BCUT2D eigenvalue weighted by molar-refractivity contribution is -0.385. The average Bonchev–Trinajstić information content (AvgIpc) is 2.62. The number of rotatable bonds is 6. The Balaban J connectivity index is 1.79. The number of nitrogens with zero attached hydrogens (tertiary/aromatic N) is 3. The first kappa shape index (κ1) is 18.1. The van der Waals surface area contributed by atoms with Crippen molar-refractivity contribution in [3.63, 3.8) is 0 Å². The van der Waals surface area contributed by atoms with Crippen LogP contribution in [-0.4, -0.2) is 33.4 Å². The van der Waals surface area contributed by atoms with E-state index in [1.807, 2.05) is 6.07 Å². The SMILES string of the molecule is CCCc1nc2c(c(=O)[nH]1)CN(Cc1ccc(OC)c([N+](=O)[O-])c1)CC2. The highest BCUT2D eigenvalue weighted by molar-refractivity contribution is 5.48. The maximum absolute atomic E-state index is 12.4. The van der Waals surface area contributed by atoms with Gasteiger partial charge in [-0.2, -0.15) is 0 Å². The summed E-state index contributed by atoms with van der Waals surface area (Å²) >= 11 is 0. The van der Waals surface area contributed by atoms with Crippen LogP contribution in [0.1, 0.15) is 36.0 Å². The van der Waals surface area contributed by atoms with Gasteiger partial charge in [-0.3, -0.25) is 19.8 Å². The molecule has 138 valence electrons. The summed E-state index contributed by atoms with van der Waals surface area (Å²) in [4.78, 5) is 32.6. The number of methoxy groups -OCH3 is 1.